The maximum absolute atomic E-state index is 4.47. The van der Waals surface area contributed by atoms with Crippen LogP contribution in [0.2, 0.25) is 0 Å². The van der Waals surface area contributed by atoms with Crippen molar-refractivity contribution < 1.29 is 0 Å². The second-order valence-corrected chi connectivity index (χ2v) is 6.84. The zero-order valence-corrected chi connectivity index (χ0v) is 19.3. The Balaban J connectivity index is 0.00000256. The van der Waals surface area contributed by atoms with Crippen molar-refractivity contribution in [2.24, 2.45) is 4.99 Å². The minimum absolute atomic E-state index is 0. The number of aromatic nitrogens is 3. The molecule has 1 aliphatic rings. The van der Waals surface area contributed by atoms with Crippen molar-refractivity contribution in [3.8, 4) is 11.3 Å². The predicted octanol–water partition coefficient (Wildman–Crippen LogP) is 3.05. The van der Waals surface area contributed by atoms with Crippen LogP contribution in [0.1, 0.15) is 5.56 Å². The summed E-state index contributed by atoms with van der Waals surface area (Å²) in [5.41, 5.74) is 3.31. The lowest BCUT2D eigenvalue weighted by Gasteiger charge is -2.36. The van der Waals surface area contributed by atoms with Gasteiger partial charge in [0, 0.05) is 63.9 Å². The molecule has 0 bridgehead atoms. The zero-order valence-electron chi connectivity index (χ0n) is 17.0. The molecule has 0 unspecified atom stereocenters. The number of nitrogens with zero attached hydrogens (tertiary/aromatic N) is 6. The largest absolute Gasteiger partial charge is 0.352 e. The number of halogens is 1. The van der Waals surface area contributed by atoms with Crippen molar-refractivity contribution in [1.82, 2.24) is 25.2 Å². The van der Waals surface area contributed by atoms with Crippen molar-refractivity contribution in [1.29, 1.82) is 0 Å². The van der Waals surface area contributed by atoms with Gasteiger partial charge in [-0.3, -0.25) is 9.98 Å². The smallest absolute Gasteiger partial charge is 0.225 e. The Labute approximate surface area is 194 Å². The van der Waals surface area contributed by atoms with Crippen molar-refractivity contribution in [3.05, 3.63) is 72.7 Å². The van der Waals surface area contributed by atoms with Gasteiger partial charge in [-0.15, -0.1) is 24.0 Å². The summed E-state index contributed by atoms with van der Waals surface area (Å²) in [7, 11) is 1.83. The first-order valence-corrected chi connectivity index (χ1v) is 9.81. The molecule has 0 spiro atoms. The Morgan fingerprint density at radius 3 is 2.40 bits per heavy atom. The monoisotopic (exact) mass is 515 g/mol. The van der Waals surface area contributed by atoms with Crippen LogP contribution < -0.4 is 10.2 Å². The first-order chi connectivity index (χ1) is 14.3. The molecule has 1 fully saturated rings. The molecule has 0 atom stereocenters. The fraction of sp³-hybridized carbons (Fsp3) is 0.273. The molecule has 1 aromatic carbocycles. The summed E-state index contributed by atoms with van der Waals surface area (Å²) in [6.07, 6.45) is 5.39. The Morgan fingerprint density at radius 2 is 1.70 bits per heavy atom. The number of benzene rings is 1. The normalized spacial score (nSPS) is 14.2. The highest BCUT2D eigenvalue weighted by molar-refractivity contribution is 14.0. The fourth-order valence-corrected chi connectivity index (χ4v) is 3.46. The molecule has 8 heteroatoms. The van der Waals surface area contributed by atoms with E-state index in [9.17, 15) is 0 Å². The Hall–Kier alpha value is -2.75. The van der Waals surface area contributed by atoms with Crippen LogP contribution in [0.15, 0.2) is 72.1 Å². The van der Waals surface area contributed by atoms with Gasteiger partial charge in [0.2, 0.25) is 5.95 Å². The first-order valence-electron chi connectivity index (χ1n) is 9.81. The second kappa shape index (κ2) is 10.9. The molecule has 2 aromatic heterocycles. The molecule has 1 aliphatic heterocycles. The van der Waals surface area contributed by atoms with E-state index in [0.717, 1.165) is 55.9 Å². The molecule has 1 saturated heterocycles. The van der Waals surface area contributed by atoms with Crippen molar-refractivity contribution >= 4 is 35.9 Å². The van der Waals surface area contributed by atoms with Gasteiger partial charge in [-0.25, -0.2) is 9.97 Å². The molecule has 0 amide bonds. The third kappa shape index (κ3) is 5.44. The second-order valence-electron chi connectivity index (χ2n) is 6.84. The summed E-state index contributed by atoms with van der Waals surface area (Å²) in [6.45, 7) is 4.23. The summed E-state index contributed by atoms with van der Waals surface area (Å²) < 4.78 is 0. The third-order valence-electron chi connectivity index (χ3n) is 4.96. The van der Waals surface area contributed by atoms with Crippen molar-refractivity contribution in [3.63, 3.8) is 0 Å². The predicted molar refractivity (Wildman–Crippen MR) is 131 cm³/mol. The van der Waals surface area contributed by atoms with Crippen LogP contribution in [-0.4, -0.2) is 59.0 Å². The van der Waals surface area contributed by atoms with E-state index >= 15 is 0 Å². The Bertz CT molecular complexity index is 942. The van der Waals surface area contributed by atoms with Crippen LogP contribution in [0, 0.1) is 0 Å². The number of guanidine groups is 1. The molecule has 1 N–H and O–H groups in total. The number of nitrogens with one attached hydrogen (secondary N) is 1. The molecule has 3 heterocycles. The van der Waals surface area contributed by atoms with E-state index in [1.807, 2.05) is 37.5 Å². The van der Waals surface area contributed by atoms with E-state index in [-0.39, 0.29) is 24.0 Å². The summed E-state index contributed by atoms with van der Waals surface area (Å²) in [4.78, 5) is 22.1. The molecule has 0 aliphatic carbocycles. The number of hydrogen-bond donors (Lipinski definition) is 1. The summed E-state index contributed by atoms with van der Waals surface area (Å²) in [6, 6.07) is 16.3. The number of pyridine rings is 1. The Kier molecular flexibility index (Phi) is 7.95. The highest BCUT2D eigenvalue weighted by Gasteiger charge is 2.21. The molecule has 156 valence electrons. The minimum Gasteiger partial charge on any atom is -0.352 e. The zero-order chi connectivity index (χ0) is 19.9. The maximum Gasteiger partial charge on any atom is 0.225 e. The fourth-order valence-electron chi connectivity index (χ4n) is 3.46. The SMILES string of the molecule is CN=C(NCc1cccc(-c2ccccn2)c1)N1CCN(c2ncccn2)CC1.I. The van der Waals surface area contributed by atoms with Gasteiger partial charge in [0.25, 0.3) is 0 Å². The van der Waals surface area contributed by atoms with Gasteiger partial charge in [0.15, 0.2) is 5.96 Å². The van der Waals surface area contributed by atoms with Crippen LogP contribution in [0.3, 0.4) is 0 Å². The van der Waals surface area contributed by atoms with E-state index in [4.69, 9.17) is 0 Å². The average Bonchev–Trinajstić information content (AvgIpc) is 2.81. The van der Waals surface area contributed by atoms with Gasteiger partial charge in [0.1, 0.15) is 0 Å². The molecular weight excluding hydrogens is 489 g/mol. The third-order valence-corrected chi connectivity index (χ3v) is 4.96. The number of aliphatic imine (C=N–C) groups is 1. The Morgan fingerprint density at radius 1 is 0.933 bits per heavy atom. The van der Waals surface area contributed by atoms with E-state index < -0.39 is 0 Å². The van der Waals surface area contributed by atoms with E-state index in [2.05, 4.69) is 59.3 Å². The molecule has 7 nitrogen and oxygen atoms in total. The lowest BCUT2D eigenvalue weighted by atomic mass is 10.1. The maximum atomic E-state index is 4.47. The minimum atomic E-state index is 0. The van der Waals surface area contributed by atoms with Crippen molar-refractivity contribution in [2.45, 2.75) is 6.54 Å². The number of rotatable bonds is 4. The van der Waals surface area contributed by atoms with Crippen LogP contribution in [0.25, 0.3) is 11.3 Å². The summed E-state index contributed by atoms with van der Waals surface area (Å²) in [5.74, 6) is 1.71. The highest BCUT2D eigenvalue weighted by Crippen LogP contribution is 2.17. The highest BCUT2D eigenvalue weighted by atomic mass is 127. The van der Waals surface area contributed by atoms with E-state index in [0.29, 0.717) is 0 Å². The molecule has 30 heavy (non-hydrogen) atoms. The lowest BCUT2D eigenvalue weighted by molar-refractivity contribution is 0.370. The average molecular weight is 515 g/mol. The van der Waals surface area contributed by atoms with E-state index in [1.165, 1.54) is 5.56 Å². The molecule has 0 radical (unpaired) electrons. The summed E-state index contributed by atoms with van der Waals surface area (Å²) in [5, 5.41) is 3.49. The molecule has 0 saturated carbocycles. The van der Waals surface area contributed by atoms with Gasteiger partial charge in [-0.1, -0.05) is 24.3 Å². The molecule has 4 rings (SSSR count). The number of piperazine rings is 1. The van der Waals surface area contributed by atoms with Gasteiger partial charge in [-0.05, 0) is 29.8 Å². The quantitative estimate of drug-likeness (QED) is 0.328. The van der Waals surface area contributed by atoms with Crippen LogP contribution >= 0.6 is 24.0 Å². The van der Waals surface area contributed by atoms with Gasteiger partial charge < -0.3 is 15.1 Å². The van der Waals surface area contributed by atoms with Crippen molar-refractivity contribution in [2.75, 3.05) is 38.1 Å². The van der Waals surface area contributed by atoms with E-state index in [1.54, 1.807) is 12.4 Å². The number of hydrogen-bond acceptors (Lipinski definition) is 5. The molecule has 3 aromatic rings. The number of anilines is 1. The molecular formula is C22H26IN7. The standard InChI is InChI=1S/C22H25N7.HI/c1-23-21(28-12-14-29(15-13-28)22-25-10-5-11-26-22)27-17-18-6-4-7-19(16-18)20-8-2-3-9-24-20;/h2-11,16H,12-15,17H2,1H3,(H,23,27);1H. The van der Waals surface area contributed by atoms with Crippen LogP contribution in [-0.2, 0) is 6.54 Å². The van der Waals surface area contributed by atoms with Crippen LogP contribution in [0.4, 0.5) is 5.95 Å². The van der Waals surface area contributed by atoms with Gasteiger partial charge in [-0.2, -0.15) is 0 Å². The first kappa shape index (κ1) is 21.9. The van der Waals surface area contributed by atoms with Gasteiger partial charge >= 0.3 is 0 Å². The topological polar surface area (TPSA) is 69.5 Å². The van der Waals surface area contributed by atoms with Crippen LogP contribution in [0.5, 0.6) is 0 Å². The van der Waals surface area contributed by atoms with Gasteiger partial charge in [0.05, 0.1) is 5.69 Å². The summed E-state index contributed by atoms with van der Waals surface area (Å²) >= 11 is 0. The lowest BCUT2D eigenvalue weighted by Crippen LogP contribution is -2.52.